The van der Waals surface area contributed by atoms with Crippen LogP contribution in [-0.4, -0.2) is 14.5 Å². The van der Waals surface area contributed by atoms with Crippen molar-refractivity contribution < 1.29 is 18.3 Å². The van der Waals surface area contributed by atoms with Crippen molar-refractivity contribution in [3.63, 3.8) is 0 Å². The van der Waals surface area contributed by atoms with E-state index in [1.54, 1.807) is 24.3 Å². The van der Waals surface area contributed by atoms with Gasteiger partial charge in [-0.2, -0.15) is 0 Å². The normalized spacial score (nSPS) is 11.8. The van der Waals surface area contributed by atoms with E-state index < -0.39 is 11.3 Å². The van der Waals surface area contributed by atoms with Gasteiger partial charge in [0.2, 0.25) is 0 Å². The lowest BCUT2D eigenvalue weighted by Crippen LogP contribution is -2.08. The van der Waals surface area contributed by atoms with Gasteiger partial charge < -0.3 is 4.74 Å². The number of carbonyl (C=O) groups is 1. The van der Waals surface area contributed by atoms with Crippen LogP contribution >= 0.6 is 15.9 Å². The molecule has 0 aliphatic rings. The lowest BCUT2D eigenvalue weighted by Gasteiger charge is -2.13. The van der Waals surface area contributed by atoms with Crippen molar-refractivity contribution in [1.82, 2.24) is 0 Å². The Morgan fingerprint density at radius 1 is 1.32 bits per heavy atom. The molecule has 0 spiro atoms. The van der Waals surface area contributed by atoms with Crippen molar-refractivity contribution in [2.24, 2.45) is 0 Å². The van der Waals surface area contributed by atoms with Crippen molar-refractivity contribution >= 4 is 38.7 Å². The van der Waals surface area contributed by atoms with Gasteiger partial charge in [-0.15, -0.1) is 0 Å². The van der Waals surface area contributed by atoms with Gasteiger partial charge in [-0.3, -0.25) is 14.1 Å². The van der Waals surface area contributed by atoms with Gasteiger partial charge in [-0.05, 0) is 53.2 Å². The van der Waals surface area contributed by atoms with E-state index in [0.717, 1.165) is 4.47 Å². The molecule has 1 unspecified atom stereocenters. The minimum Gasteiger partial charge on any atom is -0.488 e. The van der Waals surface area contributed by atoms with Gasteiger partial charge >= 0.3 is 0 Å². The van der Waals surface area contributed by atoms with Gasteiger partial charge in [0.05, 0.1) is 10.2 Å². The van der Waals surface area contributed by atoms with Crippen LogP contribution in [0.15, 0.2) is 46.9 Å². The van der Waals surface area contributed by atoms with Crippen LogP contribution in [0.2, 0.25) is 0 Å². The van der Waals surface area contributed by atoms with E-state index in [-0.39, 0.29) is 12.4 Å². The third-order valence-electron chi connectivity index (χ3n) is 2.93. The van der Waals surface area contributed by atoms with E-state index in [1.807, 2.05) is 18.2 Å². The van der Waals surface area contributed by atoms with E-state index in [4.69, 9.17) is 9.29 Å². The largest absolute Gasteiger partial charge is 0.488 e. The van der Waals surface area contributed by atoms with Crippen molar-refractivity contribution in [3.8, 4) is 5.75 Å². The molecule has 2 N–H and O–H groups in total. The monoisotopic (exact) mass is 383 g/mol. The topological polar surface area (TPSA) is 75.6 Å². The minimum atomic E-state index is -2.20. The maximum absolute atomic E-state index is 11.5. The summed E-state index contributed by atoms with van der Waals surface area (Å²) >= 11 is 1.19. The molecule has 5 nitrogen and oxygen atoms in total. The fourth-order valence-electron chi connectivity index (χ4n) is 1.84. The molecule has 0 saturated heterocycles. The number of benzene rings is 2. The van der Waals surface area contributed by atoms with E-state index in [2.05, 4.69) is 20.7 Å². The number of rotatable bonds is 6. The molecule has 7 heteroatoms. The predicted octanol–water partition coefficient (Wildman–Crippen LogP) is 3.78. The standard InChI is InChI=1S/C15H14BrNO4S/c1-10(18)11-6-7-14(17-22(19)20)12(8-11)9-21-15-5-3-2-4-13(15)16/h2-8,17H,9H2,1H3,(H,19,20). The van der Waals surface area contributed by atoms with Crippen molar-refractivity contribution in [3.05, 3.63) is 58.1 Å². The summed E-state index contributed by atoms with van der Waals surface area (Å²) in [4.78, 5) is 11.5. The molecular weight excluding hydrogens is 370 g/mol. The number of carbonyl (C=O) groups excluding carboxylic acids is 1. The van der Waals surface area contributed by atoms with Crippen LogP contribution in [-0.2, 0) is 17.9 Å². The summed E-state index contributed by atoms with van der Waals surface area (Å²) in [6, 6.07) is 12.2. The zero-order chi connectivity index (χ0) is 16.1. The zero-order valence-corrected chi connectivity index (χ0v) is 14.1. The highest BCUT2D eigenvalue weighted by molar-refractivity contribution is 9.10. The van der Waals surface area contributed by atoms with E-state index >= 15 is 0 Å². The second-order valence-corrected chi connectivity index (χ2v) is 6.06. The molecule has 2 aromatic carbocycles. The first kappa shape index (κ1) is 16.7. The molecule has 22 heavy (non-hydrogen) atoms. The Kier molecular flexibility index (Phi) is 5.70. The zero-order valence-electron chi connectivity index (χ0n) is 11.7. The summed E-state index contributed by atoms with van der Waals surface area (Å²) in [7, 11) is 0. The fraction of sp³-hybridized carbons (Fsp3) is 0.133. The molecule has 0 aliphatic heterocycles. The SMILES string of the molecule is CC(=O)c1ccc(NS(=O)O)c(COc2ccccc2Br)c1. The predicted molar refractivity (Wildman–Crippen MR) is 89.3 cm³/mol. The van der Waals surface area contributed by atoms with Gasteiger partial charge in [-0.1, -0.05) is 12.1 Å². The average Bonchev–Trinajstić information content (AvgIpc) is 2.47. The first-order valence-corrected chi connectivity index (χ1v) is 8.26. The number of halogens is 1. The smallest absolute Gasteiger partial charge is 0.259 e. The number of para-hydroxylation sites is 1. The lowest BCUT2D eigenvalue weighted by molar-refractivity contribution is 0.101. The molecular formula is C15H14BrNO4S. The number of hydrogen-bond donors (Lipinski definition) is 2. The van der Waals surface area contributed by atoms with E-state index in [9.17, 15) is 9.00 Å². The number of ether oxygens (including phenoxy) is 1. The van der Waals surface area contributed by atoms with Crippen molar-refractivity contribution in [2.45, 2.75) is 13.5 Å². The van der Waals surface area contributed by atoms with Crippen molar-refractivity contribution in [2.75, 3.05) is 4.72 Å². The number of anilines is 1. The highest BCUT2D eigenvalue weighted by Crippen LogP contribution is 2.26. The molecule has 0 bridgehead atoms. The lowest BCUT2D eigenvalue weighted by atomic mass is 10.1. The van der Waals surface area contributed by atoms with Crippen LogP contribution in [0.4, 0.5) is 5.69 Å². The van der Waals surface area contributed by atoms with Gasteiger partial charge in [0.1, 0.15) is 12.4 Å². The van der Waals surface area contributed by atoms with Crippen LogP contribution in [0, 0.1) is 0 Å². The Morgan fingerprint density at radius 3 is 2.68 bits per heavy atom. The second-order valence-electron chi connectivity index (χ2n) is 4.50. The van der Waals surface area contributed by atoms with E-state index in [1.165, 1.54) is 6.92 Å². The van der Waals surface area contributed by atoms with Crippen molar-refractivity contribution in [1.29, 1.82) is 0 Å². The molecule has 0 aliphatic carbocycles. The number of hydrogen-bond acceptors (Lipinski definition) is 3. The average molecular weight is 384 g/mol. The van der Waals surface area contributed by atoms with E-state index in [0.29, 0.717) is 22.6 Å². The molecule has 0 radical (unpaired) electrons. The molecule has 0 fully saturated rings. The molecule has 0 heterocycles. The number of nitrogens with one attached hydrogen (secondary N) is 1. The third kappa shape index (κ3) is 4.40. The molecule has 0 saturated carbocycles. The Balaban J connectivity index is 2.26. The van der Waals surface area contributed by atoms with Crippen LogP contribution in [0.3, 0.4) is 0 Å². The Hall–Kier alpha value is -1.70. The van der Waals surface area contributed by atoms with Gasteiger partial charge in [0, 0.05) is 11.1 Å². The van der Waals surface area contributed by atoms with Crippen LogP contribution in [0.25, 0.3) is 0 Å². The second kappa shape index (κ2) is 7.53. The first-order valence-electron chi connectivity index (χ1n) is 6.36. The Labute approximate surface area is 139 Å². The summed E-state index contributed by atoms with van der Waals surface area (Å²) in [5.74, 6) is 0.561. The molecule has 2 aromatic rings. The maximum Gasteiger partial charge on any atom is 0.259 e. The Morgan fingerprint density at radius 2 is 2.05 bits per heavy atom. The quantitative estimate of drug-likeness (QED) is 0.587. The Bertz CT molecular complexity index is 720. The third-order valence-corrected chi connectivity index (χ3v) is 3.98. The van der Waals surface area contributed by atoms with Gasteiger partial charge in [0.15, 0.2) is 5.78 Å². The summed E-state index contributed by atoms with van der Waals surface area (Å²) in [5, 5.41) is 0. The number of Topliss-reactive ketones (excluding diaryl/α,β-unsaturated/α-hetero) is 1. The highest BCUT2D eigenvalue weighted by atomic mass is 79.9. The molecule has 0 aromatic heterocycles. The molecule has 116 valence electrons. The fourth-order valence-corrected chi connectivity index (χ4v) is 2.63. The minimum absolute atomic E-state index is 0.0844. The highest BCUT2D eigenvalue weighted by Gasteiger charge is 2.10. The number of ketones is 1. The van der Waals surface area contributed by atoms with Crippen LogP contribution in [0.1, 0.15) is 22.8 Å². The summed E-state index contributed by atoms with van der Waals surface area (Å²) in [5.41, 5.74) is 1.57. The summed E-state index contributed by atoms with van der Waals surface area (Å²) in [6.07, 6.45) is 0. The van der Waals surface area contributed by atoms with Gasteiger partial charge in [0.25, 0.3) is 11.3 Å². The summed E-state index contributed by atoms with van der Waals surface area (Å²) in [6.45, 7) is 1.62. The maximum atomic E-state index is 11.5. The molecule has 1 atom stereocenters. The first-order chi connectivity index (χ1) is 10.5. The summed E-state index contributed by atoms with van der Waals surface area (Å²) < 4.78 is 28.9. The molecule has 0 amide bonds. The molecule has 2 rings (SSSR count). The van der Waals surface area contributed by atoms with Gasteiger partial charge in [-0.25, -0.2) is 4.21 Å². The van der Waals surface area contributed by atoms with Crippen LogP contribution in [0.5, 0.6) is 5.75 Å². The van der Waals surface area contributed by atoms with Crippen LogP contribution < -0.4 is 9.46 Å².